The Morgan fingerprint density at radius 2 is 2.00 bits per heavy atom. The number of carbonyl (C=O) groups is 1. The molecule has 6 nitrogen and oxygen atoms in total. The van der Waals surface area contributed by atoms with Gasteiger partial charge in [0.1, 0.15) is 5.76 Å². The predicted octanol–water partition coefficient (Wildman–Crippen LogP) is 2.88. The molecule has 1 atom stereocenters. The van der Waals surface area contributed by atoms with Gasteiger partial charge in [-0.1, -0.05) is 5.16 Å². The molecule has 1 fully saturated rings. The highest BCUT2D eigenvalue weighted by Gasteiger charge is 2.36. The molecule has 24 heavy (non-hydrogen) atoms. The zero-order valence-corrected chi connectivity index (χ0v) is 14.6. The lowest BCUT2D eigenvalue weighted by Crippen LogP contribution is -2.32. The quantitative estimate of drug-likeness (QED) is 0.850. The van der Waals surface area contributed by atoms with Gasteiger partial charge >= 0.3 is 0 Å². The molecule has 1 saturated heterocycles. The summed E-state index contributed by atoms with van der Waals surface area (Å²) in [5, 5.41) is 8.65. The van der Waals surface area contributed by atoms with Crippen LogP contribution in [0.3, 0.4) is 0 Å². The summed E-state index contributed by atoms with van der Waals surface area (Å²) >= 11 is 0. The van der Waals surface area contributed by atoms with E-state index in [2.05, 4.69) is 10.3 Å². The lowest BCUT2D eigenvalue weighted by Gasteiger charge is -2.24. The Labute approximate surface area is 141 Å². The number of hydrogen-bond donors (Lipinski definition) is 0. The van der Waals surface area contributed by atoms with Crippen molar-refractivity contribution in [1.29, 1.82) is 0 Å². The fraction of sp³-hybridized carbons (Fsp3) is 0.611. The number of carbonyl (C=O) groups excluding carboxylic acids is 1. The predicted molar refractivity (Wildman–Crippen MR) is 88.8 cm³/mol. The van der Waals surface area contributed by atoms with E-state index < -0.39 is 0 Å². The zero-order chi connectivity index (χ0) is 16.8. The highest BCUT2D eigenvalue weighted by Crippen LogP contribution is 2.37. The van der Waals surface area contributed by atoms with Crippen LogP contribution in [-0.2, 0) is 19.9 Å². The summed E-state index contributed by atoms with van der Waals surface area (Å²) < 4.78 is 7.23. The Kier molecular flexibility index (Phi) is 3.70. The van der Waals surface area contributed by atoms with Gasteiger partial charge in [0.15, 0.2) is 5.69 Å². The molecule has 4 rings (SSSR count). The Hall–Kier alpha value is -2.11. The van der Waals surface area contributed by atoms with Gasteiger partial charge in [0.25, 0.3) is 5.91 Å². The van der Waals surface area contributed by atoms with Gasteiger partial charge in [0, 0.05) is 30.4 Å². The molecule has 1 unspecified atom stereocenters. The van der Waals surface area contributed by atoms with Crippen LogP contribution in [0.2, 0.25) is 0 Å². The Balaban J connectivity index is 1.69. The third-order valence-corrected chi connectivity index (χ3v) is 5.50. The molecule has 0 radical (unpaired) electrons. The Morgan fingerprint density at radius 1 is 1.21 bits per heavy atom. The van der Waals surface area contributed by atoms with Crippen LogP contribution >= 0.6 is 0 Å². The largest absolute Gasteiger partial charge is 0.361 e. The zero-order valence-electron chi connectivity index (χ0n) is 14.6. The van der Waals surface area contributed by atoms with Gasteiger partial charge in [0.05, 0.1) is 11.7 Å². The van der Waals surface area contributed by atoms with Gasteiger partial charge in [-0.15, -0.1) is 0 Å². The van der Waals surface area contributed by atoms with Crippen molar-refractivity contribution < 1.29 is 9.32 Å². The van der Waals surface area contributed by atoms with Gasteiger partial charge in [0.2, 0.25) is 0 Å². The maximum Gasteiger partial charge on any atom is 0.275 e. The first kappa shape index (κ1) is 15.4. The minimum Gasteiger partial charge on any atom is -0.361 e. The van der Waals surface area contributed by atoms with Crippen molar-refractivity contribution in [3.8, 4) is 0 Å². The minimum absolute atomic E-state index is 0.0602. The number of nitrogens with zero attached hydrogens (tertiary/aromatic N) is 4. The summed E-state index contributed by atoms with van der Waals surface area (Å²) in [6.45, 7) is 4.66. The SMILES string of the molecule is Cc1noc(C)c1C1CCCN1C(=O)c1nn(C)c2c1CCCC2. The highest BCUT2D eigenvalue weighted by atomic mass is 16.5. The number of aryl methyl sites for hydroxylation is 3. The van der Waals surface area contributed by atoms with Crippen molar-refractivity contribution in [2.24, 2.45) is 7.05 Å². The van der Waals surface area contributed by atoms with Crippen LogP contribution in [0.4, 0.5) is 0 Å². The van der Waals surface area contributed by atoms with E-state index in [1.54, 1.807) is 0 Å². The Bertz CT molecular complexity index is 770. The number of likely N-dealkylation sites (tertiary alicyclic amines) is 1. The minimum atomic E-state index is 0.0602. The standard InChI is InChI=1S/C18H24N4O2/c1-11-16(12(2)24-20-11)15-9-6-10-22(15)18(23)17-13-7-4-5-8-14(13)21(3)19-17/h15H,4-10H2,1-3H3. The van der Waals surface area contributed by atoms with Crippen LogP contribution in [0.15, 0.2) is 4.52 Å². The van der Waals surface area contributed by atoms with E-state index >= 15 is 0 Å². The Morgan fingerprint density at radius 3 is 2.75 bits per heavy atom. The fourth-order valence-electron chi connectivity index (χ4n) is 4.36. The number of amides is 1. The van der Waals surface area contributed by atoms with Crippen LogP contribution in [0, 0.1) is 13.8 Å². The molecule has 1 aliphatic carbocycles. The molecule has 2 aromatic rings. The average Bonchev–Trinajstić information content (AvgIpc) is 3.26. The summed E-state index contributed by atoms with van der Waals surface area (Å²) in [5.41, 5.74) is 5.02. The van der Waals surface area contributed by atoms with Crippen LogP contribution in [0.1, 0.15) is 70.5 Å². The molecule has 2 aliphatic rings. The van der Waals surface area contributed by atoms with Gasteiger partial charge in [-0.3, -0.25) is 9.48 Å². The third-order valence-electron chi connectivity index (χ3n) is 5.50. The van der Waals surface area contributed by atoms with E-state index in [1.807, 2.05) is 30.5 Å². The molecule has 0 spiro atoms. The molecule has 128 valence electrons. The smallest absolute Gasteiger partial charge is 0.275 e. The molecule has 1 amide bonds. The molecule has 0 N–H and O–H groups in total. The van der Waals surface area contributed by atoms with Gasteiger partial charge in [-0.2, -0.15) is 5.10 Å². The number of aromatic nitrogens is 3. The first-order chi connectivity index (χ1) is 11.6. The van der Waals surface area contributed by atoms with E-state index in [9.17, 15) is 4.79 Å². The van der Waals surface area contributed by atoms with Crippen molar-refractivity contribution in [1.82, 2.24) is 19.8 Å². The maximum absolute atomic E-state index is 13.3. The van der Waals surface area contributed by atoms with Crippen LogP contribution in [0.5, 0.6) is 0 Å². The van der Waals surface area contributed by atoms with Crippen LogP contribution < -0.4 is 0 Å². The normalized spacial score (nSPS) is 20.5. The molecular formula is C18H24N4O2. The van der Waals surface area contributed by atoms with Crippen molar-refractivity contribution in [3.63, 3.8) is 0 Å². The first-order valence-corrected chi connectivity index (χ1v) is 8.86. The van der Waals surface area contributed by atoms with Crippen molar-refractivity contribution in [2.75, 3.05) is 6.54 Å². The second-order valence-corrected chi connectivity index (χ2v) is 7.00. The van der Waals surface area contributed by atoms with Crippen molar-refractivity contribution in [2.45, 2.75) is 58.4 Å². The molecule has 0 saturated carbocycles. The van der Waals surface area contributed by atoms with Gasteiger partial charge in [-0.25, -0.2) is 0 Å². The van der Waals surface area contributed by atoms with Gasteiger partial charge < -0.3 is 9.42 Å². The topological polar surface area (TPSA) is 64.2 Å². The maximum atomic E-state index is 13.3. The summed E-state index contributed by atoms with van der Waals surface area (Å²) in [4.78, 5) is 15.2. The number of hydrogen-bond acceptors (Lipinski definition) is 4. The lowest BCUT2D eigenvalue weighted by atomic mass is 9.95. The summed E-state index contributed by atoms with van der Waals surface area (Å²) in [5.74, 6) is 0.886. The van der Waals surface area contributed by atoms with Crippen LogP contribution in [0.25, 0.3) is 0 Å². The highest BCUT2D eigenvalue weighted by molar-refractivity contribution is 5.94. The molecule has 3 heterocycles. The molecule has 1 aliphatic heterocycles. The number of fused-ring (bicyclic) bond motifs is 1. The summed E-state index contributed by atoms with van der Waals surface area (Å²) in [6.07, 6.45) is 6.30. The summed E-state index contributed by atoms with van der Waals surface area (Å²) in [7, 11) is 1.96. The van der Waals surface area contributed by atoms with E-state index in [0.29, 0.717) is 5.69 Å². The van der Waals surface area contributed by atoms with Crippen molar-refractivity contribution >= 4 is 5.91 Å². The molecular weight excluding hydrogens is 304 g/mol. The molecule has 2 aromatic heterocycles. The van der Waals surface area contributed by atoms with Crippen LogP contribution in [-0.4, -0.2) is 32.3 Å². The van der Waals surface area contributed by atoms with E-state index in [0.717, 1.165) is 61.2 Å². The van der Waals surface area contributed by atoms with Gasteiger partial charge in [-0.05, 0) is 52.4 Å². The molecule has 0 bridgehead atoms. The second kappa shape index (κ2) is 5.76. The monoisotopic (exact) mass is 328 g/mol. The fourth-order valence-corrected chi connectivity index (χ4v) is 4.36. The summed E-state index contributed by atoms with van der Waals surface area (Å²) in [6, 6.07) is 0.0602. The first-order valence-electron chi connectivity index (χ1n) is 8.86. The third kappa shape index (κ3) is 2.27. The van der Waals surface area contributed by atoms with E-state index in [1.165, 1.54) is 12.1 Å². The van der Waals surface area contributed by atoms with E-state index in [4.69, 9.17) is 4.52 Å². The van der Waals surface area contributed by atoms with Crippen molar-refractivity contribution in [3.05, 3.63) is 34.0 Å². The molecule has 6 heteroatoms. The second-order valence-electron chi connectivity index (χ2n) is 7.00. The van der Waals surface area contributed by atoms with E-state index in [-0.39, 0.29) is 11.9 Å². The number of rotatable bonds is 2. The molecule has 0 aromatic carbocycles. The lowest BCUT2D eigenvalue weighted by molar-refractivity contribution is 0.0726. The average molecular weight is 328 g/mol.